The number of amides is 3. The van der Waals surface area contributed by atoms with E-state index in [1.807, 2.05) is 0 Å². The van der Waals surface area contributed by atoms with Gasteiger partial charge in [-0.2, -0.15) is 18.4 Å². The molecule has 3 amide bonds. The Hall–Kier alpha value is -6.36. The number of carbonyl (C=O) groups excluding carboxylic acids is 2. The third kappa shape index (κ3) is 6.47. The van der Waals surface area contributed by atoms with Gasteiger partial charge in [0.15, 0.2) is 0 Å². The number of likely N-dealkylation sites (N-methyl/N-ethyl adjacent to an activating group) is 1. The highest BCUT2D eigenvalue weighted by Crippen LogP contribution is 2.33. The monoisotopic (exact) mass is 651 g/mol. The molecule has 2 aliphatic rings. The van der Waals surface area contributed by atoms with Crippen LogP contribution in [0.3, 0.4) is 0 Å². The lowest BCUT2D eigenvalue weighted by atomic mass is 10.1. The average molecular weight is 652 g/mol. The second-order valence-electron chi connectivity index (χ2n) is 11.2. The molecule has 1 unspecified atom stereocenters. The van der Waals surface area contributed by atoms with Crippen molar-refractivity contribution in [3.63, 3.8) is 0 Å². The summed E-state index contributed by atoms with van der Waals surface area (Å²) in [5.41, 5.74) is 2.78. The number of imidazole rings is 1. The molecule has 3 aromatic carbocycles. The second-order valence-corrected chi connectivity index (χ2v) is 11.2. The molecule has 3 heterocycles. The van der Waals surface area contributed by atoms with Crippen LogP contribution in [0.4, 0.5) is 35.0 Å². The van der Waals surface area contributed by atoms with Crippen molar-refractivity contribution in [2.45, 2.75) is 26.2 Å². The van der Waals surface area contributed by atoms with Crippen molar-refractivity contribution in [1.82, 2.24) is 19.4 Å². The highest BCUT2D eigenvalue weighted by atomic mass is 19.4. The fraction of sp³-hybridized carbons (Fsp3) is 0.147. The summed E-state index contributed by atoms with van der Waals surface area (Å²) in [6.07, 6.45) is 2.71. The van der Waals surface area contributed by atoms with Crippen molar-refractivity contribution in [3.05, 3.63) is 125 Å². The van der Waals surface area contributed by atoms with Crippen LogP contribution in [0.15, 0.2) is 102 Å². The van der Waals surface area contributed by atoms with E-state index in [9.17, 15) is 28.0 Å². The van der Waals surface area contributed by atoms with Crippen LogP contribution in [0.5, 0.6) is 0 Å². The molecule has 0 saturated heterocycles. The zero-order chi connectivity index (χ0) is 34.2. The minimum absolute atomic E-state index is 0.131. The molecule has 6 rings (SSSR count). The van der Waals surface area contributed by atoms with Crippen LogP contribution in [0.1, 0.15) is 32.7 Å². The molecular weight excluding hydrogens is 623 g/mol. The third-order valence-electron chi connectivity index (χ3n) is 7.73. The number of rotatable bonds is 6. The minimum atomic E-state index is -4.68. The number of urea groups is 1. The Bertz CT molecular complexity index is 2070. The van der Waals surface area contributed by atoms with E-state index < -0.39 is 29.8 Å². The summed E-state index contributed by atoms with van der Waals surface area (Å²) >= 11 is 0. The summed E-state index contributed by atoms with van der Waals surface area (Å²) in [6.45, 7) is 3.48. The van der Waals surface area contributed by atoms with E-state index in [2.05, 4.69) is 32.0 Å². The van der Waals surface area contributed by atoms with Crippen LogP contribution >= 0.6 is 0 Å². The lowest BCUT2D eigenvalue weighted by Gasteiger charge is -2.34. The molecule has 0 fully saturated rings. The molecule has 0 aliphatic carbocycles. The largest absolute Gasteiger partial charge is 0.416 e. The number of aliphatic imine (C=N–C) groups is 1. The Morgan fingerprint density at radius 1 is 1.00 bits per heavy atom. The summed E-state index contributed by atoms with van der Waals surface area (Å²) in [6, 6.07) is 16.5. The van der Waals surface area contributed by atoms with Crippen molar-refractivity contribution in [2.24, 2.45) is 4.99 Å². The molecule has 0 saturated carbocycles. The average Bonchev–Trinajstić information content (AvgIpc) is 3.71. The van der Waals surface area contributed by atoms with Crippen molar-refractivity contribution in [2.75, 3.05) is 23.0 Å². The standard InChI is InChI=1S/C34H28F3N9O2/c1-20-7-8-26(42-31(47)23-12-24(34(35,36)37)14-27(13-23)45-17-21(2)39-19-45)15-29(20)43-33(48)46-10-9-28-30(40-18-44(3)32(28)46)41-25-6-4-5-22(11-25)16-38/h4-15,17-19,32,41H,1-3H3,(H,42,47)(H,43,48). The molecule has 1 aromatic heterocycles. The zero-order valence-electron chi connectivity index (χ0n) is 25.9. The Morgan fingerprint density at radius 2 is 1.81 bits per heavy atom. The van der Waals surface area contributed by atoms with Gasteiger partial charge in [-0.15, -0.1) is 0 Å². The van der Waals surface area contributed by atoms with Gasteiger partial charge >= 0.3 is 12.2 Å². The molecular formula is C34H28F3N9O2. The van der Waals surface area contributed by atoms with E-state index in [4.69, 9.17) is 0 Å². The number of carbonyl (C=O) groups is 2. The van der Waals surface area contributed by atoms with Gasteiger partial charge in [0.2, 0.25) is 0 Å². The first-order valence-electron chi connectivity index (χ1n) is 14.6. The molecule has 11 nitrogen and oxygen atoms in total. The number of alkyl halides is 3. The van der Waals surface area contributed by atoms with Crippen molar-refractivity contribution in [1.29, 1.82) is 5.26 Å². The van der Waals surface area contributed by atoms with Crippen LogP contribution in [0.2, 0.25) is 0 Å². The molecule has 3 N–H and O–H groups in total. The van der Waals surface area contributed by atoms with Crippen molar-refractivity contribution in [3.8, 4) is 11.8 Å². The minimum Gasteiger partial charge on any atom is -0.341 e. The molecule has 4 aromatic rings. The first kappa shape index (κ1) is 31.6. The van der Waals surface area contributed by atoms with E-state index >= 15 is 0 Å². The lowest BCUT2D eigenvalue weighted by molar-refractivity contribution is -0.137. The van der Waals surface area contributed by atoms with E-state index in [0.29, 0.717) is 34.0 Å². The smallest absolute Gasteiger partial charge is 0.341 e. The Balaban J connectivity index is 1.20. The number of hydrogen-bond acceptors (Lipinski definition) is 7. The molecule has 48 heavy (non-hydrogen) atoms. The Morgan fingerprint density at radius 3 is 2.54 bits per heavy atom. The summed E-state index contributed by atoms with van der Waals surface area (Å²) in [5, 5.41) is 18.0. The van der Waals surface area contributed by atoms with Gasteiger partial charge < -0.3 is 25.4 Å². The topological polar surface area (TPSA) is 131 Å². The maximum atomic E-state index is 13.7. The van der Waals surface area contributed by atoms with Gasteiger partial charge in [0.25, 0.3) is 5.91 Å². The molecule has 0 bridgehead atoms. The van der Waals surface area contributed by atoms with Crippen LogP contribution in [0, 0.1) is 25.2 Å². The number of nitriles is 1. The Kier molecular flexibility index (Phi) is 8.20. The SMILES string of the molecule is Cc1cn(-c2cc(C(=O)Nc3ccc(C)c(NC(=O)N4C=CC5=C(Nc6cccc(C#N)c6)N=CN(C)C54)c3)cc(C(F)(F)F)c2)cn1. The predicted octanol–water partition coefficient (Wildman–Crippen LogP) is 6.62. The zero-order valence-corrected chi connectivity index (χ0v) is 25.9. The molecule has 2 aliphatic heterocycles. The quantitative estimate of drug-likeness (QED) is 0.215. The number of nitrogens with zero attached hydrogens (tertiary/aromatic N) is 6. The number of benzene rings is 3. The molecule has 0 radical (unpaired) electrons. The number of aryl methyl sites for hydroxylation is 2. The van der Waals surface area contributed by atoms with Gasteiger partial charge in [-0.1, -0.05) is 12.1 Å². The van der Waals surface area contributed by atoms with E-state index in [0.717, 1.165) is 17.7 Å². The van der Waals surface area contributed by atoms with Gasteiger partial charge in [0.05, 0.1) is 35.6 Å². The van der Waals surface area contributed by atoms with Gasteiger partial charge in [-0.3, -0.25) is 9.69 Å². The van der Waals surface area contributed by atoms with Crippen LogP contribution in [0.25, 0.3) is 5.69 Å². The highest BCUT2D eigenvalue weighted by molar-refractivity contribution is 6.05. The normalized spacial score (nSPS) is 15.3. The third-order valence-corrected chi connectivity index (χ3v) is 7.73. The lowest BCUT2D eigenvalue weighted by Crippen LogP contribution is -2.48. The fourth-order valence-electron chi connectivity index (χ4n) is 5.30. The van der Waals surface area contributed by atoms with Crippen LogP contribution < -0.4 is 16.0 Å². The molecule has 1 atom stereocenters. The number of fused-ring (bicyclic) bond motifs is 1. The summed E-state index contributed by atoms with van der Waals surface area (Å²) in [4.78, 5) is 38.6. The van der Waals surface area contributed by atoms with Crippen molar-refractivity contribution < 1.29 is 22.8 Å². The fourth-order valence-corrected chi connectivity index (χ4v) is 5.30. The van der Waals surface area contributed by atoms with Crippen molar-refractivity contribution >= 4 is 35.3 Å². The maximum absolute atomic E-state index is 13.7. The van der Waals surface area contributed by atoms with E-state index in [1.165, 1.54) is 27.9 Å². The first-order chi connectivity index (χ1) is 22.9. The Labute approximate surface area is 273 Å². The number of nitrogens with one attached hydrogen (secondary N) is 3. The van der Waals surface area contributed by atoms with Gasteiger partial charge in [-0.25, -0.2) is 14.8 Å². The summed E-state index contributed by atoms with van der Waals surface area (Å²) in [7, 11) is 1.78. The molecule has 242 valence electrons. The number of aromatic nitrogens is 2. The molecule has 14 heteroatoms. The van der Waals surface area contributed by atoms with Gasteiger partial charge in [0.1, 0.15) is 12.0 Å². The predicted molar refractivity (Wildman–Crippen MR) is 174 cm³/mol. The van der Waals surface area contributed by atoms with E-state index in [1.54, 1.807) is 87.0 Å². The second kappa shape index (κ2) is 12.4. The van der Waals surface area contributed by atoms with Crippen LogP contribution in [-0.2, 0) is 6.18 Å². The first-order valence-corrected chi connectivity index (χ1v) is 14.6. The molecule has 0 spiro atoms. The van der Waals surface area contributed by atoms with E-state index in [-0.39, 0.29) is 16.9 Å². The number of hydrogen-bond donors (Lipinski definition) is 3. The number of halogens is 3. The van der Waals surface area contributed by atoms with Crippen LogP contribution in [-0.4, -0.2) is 50.8 Å². The summed E-state index contributed by atoms with van der Waals surface area (Å²) in [5.74, 6) is -0.248. The van der Waals surface area contributed by atoms with Gasteiger partial charge in [-0.05, 0) is 74.0 Å². The van der Waals surface area contributed by atoms with Gasteiger partial charge in [0, 0.05) is 53.3 Å². The number of anilines is 3. The summed E-state index contributed by atoms with van der Waals surface area (Å²) < 4.78 is 42.7. The highest BCUT2D eigenvalue weighted by Gasteiger charge is 2.36. The maximum Gasteiger partial charge on any atom is 0.416 e.